The molecule has 2 N–H and O–H groups in total. The Balaban J connectivity index is 0.00000341. The maximum atomic E-state index is 4.67. The minimum Gasteiger partial charge on any atom is -0.369 e. The topological polar surface area (TPSA) is 60.7 Å². The predicted molar refractivity (Wildman–Crippen MR) is 141 cm³/mol. The molecule has 3 rings (SSSR count). The molecule has 8 heteroatoms. The summed E-state index contributed by atoms with van der Waals surface area (Å²) in [5.74, 6) is 0.880. The highest BCUT2D eigenvalue weighted by molar-refractivity contribution is 14.0. The second kappa shape index (κ2) is 13.6. The van der Waals surface area contributed by atoms with E-state index in [-0.39, 0.29) is 24.0 Å². The van der Waals surface area contributed by atoms with Crippen LogP contribution in [0, 0.1) is 6.92 Å². The van der Waals surface area contributed by atoms with Gasteiger partial charge in [0, 0.05) is 58.2 Å². The number of halogens is 1. The van der Waals surface area contributed by atoms with Crippen molar-refractivity contribution in [2.75, 3.05) is 50.7 Å². The number of benzene rings is 1. The third-order valence-electron chi connectivity index (χ3n) is 5.60. The van der Waals surface area contributed by atoms with Crippen molar-refractivity contribution in [3.63, 3.8) is 0 Å². The Labute approximate surface area is 204 Å². The first-order valence-electron chi connectivity index (χ1n) is 11.2. The summed E-state index contributed by atoms with van der Waals surface area (Å²) in [4.78, 5) is 9.76. The number of unbranched alkanes of at least 4 members (excludes halogenated alkanes) is 1. The zero-order valence-corrected chi connectivity index (χ0v) is 21.5. The van der Waals surface area contributed by atoms with Crippen LogP contribution < -0.4 is 15.5 Å². The monoisotopic (exact) mass is 539 g/mol. The Bertz CT molecular complexity index is 797. The molecule has 0 radical (unpaired) electrons. The molecule has 0 amide bonds. The summed E-state index contributed by atoms with van der Waals surface area (Å²) < 4.78 is 1.87. The van der Waals surface area contributed by atoms with Gasteiger partial charge in [0.15, 0.2) is 5.96 Å². The standard InChI is InChI=1S/C23H37N7.HI/c1-4-24-23(26-19-22-10-12-27-28(22)3)25-11-5-6-13-29-14-16-30(17-15-29)21-9-7-8-20(2)18-21;/h7-10,12,18H,4-6,11,13-17,19H2,1-3H3,(H2,24,25,26);1H. The van der Waals surface area contributed by atoms with Crippen molar-refractivity contribution in [2.24, 2.45) is 12.0 Å². The first kappa shape index (κ1) is 25.5. The van der Waals surface area contributed by atoms with Crippen molar-refractivity contribution in [2.45, 2.75) is 33.2 Å². The lowest BCUT2D eigenvalue weighted by molar-refractivity contribution is 0.253. The van der Waals surface area contributed by atoms with E-state index < -0.39 is 0 Å². The first-order valence-corrected chi connectivity index (χ1v) is 11.2. The second-order valence-electron chi connectivity index (χ2n) is 7.94. The molecule has 7 nitrogen and oxygen atoms in total. The van der Waals surface area contributed by atoms with Crippen molar-refractivity contribution in [3.8, 4) is 0 Å². The van der Waals surface area contributed by atoms with Crippen molar-refractivity contribution < 1.29 is 0 Å². The molecule has 31 heavy (non-hydrogen) atoms. The van der Waals surface area contributed by atoms with Crippen LogP contribution in [0.4, 0.5) is 5.69 Å². The second-order valence-corrected chi connectivity index (χ2v) is 7.94. The lowest BCUT2D eigenvalue weighted by atomic mass is 10.2. The number of anilines is 1. The van der Waals surface area contributed by atoms with Crippen molar-refractivity contribution in [3.05, 3.63) is 47.8 Å². The number of hydrogen-bond acceptors (Lipinski definition) is 4. The van der Waals surface area contributed by atoms with Crippen LogP contribution in [0.2, 0.25) is 0 Å². The van der Waals surface area contributed by atoms with Gasteiger partial charge in [0.2, 0.25) is 0 Å². The van der Waals surface area contributed by atoms with Gasteiger partial charge in [-0.2, -0.15) is 5.10 Å². The molecule has 1 fully saturated rings. The molecule has 1 aliphatic rings. The maximum absolute atomic E-state index is 4.67. The molecule has 2 heterocycles. The fourth-order valence-corrected chi connectivity index (χ4v) is 3.78. The summed E-state index contributed by atoms with van der Waals surface area (Å²) in [6, 6.07) is 10.8. The smallest absolute Gasteiger partial charge is 0.191 e. The minimum absolute atomic E-state index is 0. The Morgan fingerprint density at radius 3 is 2.58 bits per heavy atom. The molecule has 1 saturated heterocycles. The van der Waals surface area contributed by atoms with Gasteiger partial charge in [-0.15, -0.1) is 24.0 Å². The third kappa shape index (κ3) is 8.33. The van der Waals surface area contributed by atoms with Crippen LogP contribution >= 0.6 is 24.0 Å². The molecule has 0 spiro atoms. The number of piperazine rings is 1. The van der Waals surface area contributed by atoms with Crippen LogP contribution in [-0.4, -0.2) is 66.5 Å². The molecule has 1 aromatic heterocycles. The number of guanidine groups is 1. The molecular weight excluding hydrogens is 501 g/mol. The Hall–Kier alpha value is -1.81. The van der Waals surface area contributed by atoms with Gasteiger partial charge in [-0.1, -0.05) is 12.1 Å². The molecular formula is C23H38IN7. The highest BCUT2D eigenvalue weighted by atomic mass is 127. The molecule has 0 unspecified atom stereocenters. The highest BCUT2D eigenvalue weighted by Gasteiger charge is 2.16. The molecule has 172 valence electrons. The van der Waals surface area contributed by atoms with Gasteiger partial charge in [-0.25, -0.2) is 4.99 Å². The quantitative estimate of drug-likeness (QED) is 0.222. The van der Waals surface area contributed by atoms with E-state index in [1.807, 2.05) is 24.0 Å². The number of rotatable bonds is 9. The lowest BCUT2D eigenvalue weighted by Crippen LogP contribution is -2.46. The first-order chi connectivity index (χ1) is 14.7. The Morgan fingerprint density at radius 2 is 1.90 bits per heavy atom. The molecule has 0 aliphatic carbocycles. The summed E-state index contributed by atoms with van der Waals surface area (Å²) in [6.07, 6.45) is 4.17. The third-order valence-corrected chi connectivity index (χ3v) is 5.60. The van der Waals surface area contributed by atoms with E-state index in [2.05, 4.69) is 68.6 Å². The summed E-state index contributed by atoms with van der Waals surface area (Å²) in [5, 5.41) is 11.0. The van der Waals surface area contributed by atoms with Crippen molar-refractivity contribution >= 4 is 35.6 Å². The Kier molecular flexibility index (Phi) is 11.1. The zero-order valence-electron chi connectivity index (χ0n) is 19.2. The van der Waals surface area contributed by atoms with E-state index in [0.29, 0.717) is 6.54 Å². The van der Waals surface area contributed by atoms with E-state index in [1.165, 1.54) is 24.2 Å². The van der Waals surface area contributed by atoms with E-state index >= 15 is 0 Å². The zero-order chi connectivity index (χ0) is 21.2. The number of nitrogens with zero attached hydrogens (tertiary/aromatic N) is 5. The van der Waals surface area contributed by atoms with Crippen LogP contribution in [0.25, 0.3) is 0 Å². The average molecular weight is 540 g/mol. The fourth-order valence-electron chi connectivity index (χ4n) is 3.78. The summed E-state index contributed by atoms with van der Waals surface area (Å²) in [6.45, 7) is 12.4. The lowest BCUT2D eigenvalue weighted by Gasteiger charge is -2.36. The van der Waals surface area contributed by atoms with E-state index in [4.69, 9.17) is 0 Å². The minimum atomic E-state index is 0. The van der Waals surface area contributed by atoms with Gasteiger partial charge in [0.25, 0.3) is 0 Å². The number of aliphatic imine (C=N–C) groups is 1. The van der Waals surface area contributed by atoms with Crippen LogP contribution in [-0.2, 0) is 13.6 Å². The van der Waals surface area contributed by atoms with Crippen LogP contribution in [0.1, 0.15) is 31.0 Å². The van der Waals surface area contributed by atoms with Gasteiger partial charge >= 0.3 is 0 Å². The van der Waals surface area contributed by atoms with E-state index in [0.717, 1.165) is 57.3 Å². The number of nitrogens with one attached hydrogen (secondary N) is 2. The van der Waals surface area contributed by atoms with Crippen molar-refractivity contribution in [1.82, 2.24) is 25.3 Å². The number of aromatic nitrogens is 2. The van der Waals surface area contributed by atoms with Gasteiger partial charge < -0.3 is 15.5 Å². The molecule has 0 saturated carbocycles. The number of hydrogen-bond donors (Lipinski definition) is 2. The van der Waals surface area contributed by atoms with E-state index in [1.54, 1.807) is 0 Å². The van der Waals surface area contributed by atoms with Gasteiger partial charge in [-0.05, 0) is 57.0 Å². The summed E-state index contributed by atoms with van der Waals surface area (Å²) in [5.41, 5.74) is 3.81. The van der Waals surface area contributed by atoms with Crippen molar-refractivity contribution in [1.29, 1.82) is 0 Å². The molecule has 0 bridgehead atoms. The normalized spacial score (nSPS) is 14.9. The van der Waals surface area contributed by atoms with Crippen LogP contribution in [0.3, 0.4) is 0 Å². The summed E-state index contributed by atoms with van der Waals surface area (Å²) >= 11 is 0. The summed E-state index contributed by atoms with van der Waals surface area (Å²) in [7, 11) is 1.95. The van der Waals surface area contributed by atoms with Crippen LogP contribution in [0.5, 0.6) is 0 Å². The molecule has 1 aromatic carbocycles. The maximum Gasteiger partial charge on any atom is 0.191 e. The van der Waals surface area contributed by atoms with Gasteiger partial charge in [0.05, 0.1) is 12.2 Å². The SMILES string of the molecule is CCNC(=NCc1ccnn1C)NCCCCN1CCN(c2cccc(C)c2)CC1.I. The van der Waals surface area contributed by atoms with Crippen LogP contribution in [0.15, 0.2) is 41.5 Å². The van der Waals surface area contributed by atoms with Gasteiger partial charge in [0.1, 0.15) is 0 Å². The highest BCUT2D eigenvalue weighted by Crippen LogP contribution is 2.17. The molecule has 0 atom stereocenters. The predicted octanol–water partition coefficient (Wildman–Crippen LogP) is 3.00. The van der Waals surface area contributed by atoms with E-state index in [9.17, 15) is 0 Å². The molecule has 2 aromatic rings. The average Bonchev–Trinajstić information content (AvgIpc) is 3.17. The number of aryl methyl sites for hydroxylation is 2. The Morgan fingerprint density at radius 1 is 1.10 bits per heavy atom. The largest absolute Gasteiger partial charge is 0.369 e. The molecule has 1 aliphatic heterocycles. The fraction of sp³-hybridized carbons (Fsp3) is 0.565. The van der Waals surface area contributed by atoms with Gasteiger partial charge in [-0.3, -0.25) is 9.58 Å².